The van der Waals surface area contributed by atoms with Gasteiger partial charge in [0.2, 0.25) is 0 Å². The number of carbonyl (C=O) groups excluding carboxylic acids is 3. The van der Waals surface area contributed by atoms with E-state index in [2.05, 4.69) is 4.99 Å². The molecule has 0 unspecified atom stereocenters. The van der Waals surface area contributed by atoms with Crippen LogP contribution in [0.1, 0.15) is 40.0 Å². The highest BCUT2D eigenvalue weighted by Crippen LogP contribution is 2.31. The van der Waals surface area contributed by atoms with Gasteiger partial charge in [-0.05, 0) is 30.5 Å². The summed E-state index contributed by atoms with van der Waals surface area (Å²) in [6.07, 6.45) is 4.16. The van der Waals surface area contributed by atoms with E-state index in [4.69, 9.17) is 5.73 Å². The van der Waals surface area contributed by atoms with Gasteiger partial charge in [0.15, 0.2) is 0 Å². The van der Waals surface area contributed by atoms with Crippen LogP contribution in [0.2, 0.25) is 0 Å². The minimum Gasteiger partial charge on any atom is -0.404 e. The van der Waals surface area contributed by atoms with E-state index < -0.39 is 11.8 Å². The molecular weight excluding hydrogens is 375 g/mol. The topological polar surface area (TPSA) is 96.1 Å². The zero-order valence-corrected chi connectivity index (χ0v) is 15.8. The van der Waals surface area contributed by atoms with Gasteiger partial charge in [-0.2, -0.15) is 0 Å². The molecule has 1 aliphatic carbocycles. The van der Waals surface area contributed by atoms with Crippen LogP contribution in [0.25, 0.3) is 0 Å². The number of piperidine rings is 1. The van der Waals surface area contributed by atoms with Crippen LogP contribution >= 0.6 is 0 Å². The van der Waals surface area contributed by atoms with Crippen molar-refractivity contribution in [2.45, 2.75) is 25.3 Å². The smallest absolute Gasteiger partial charge is 0.261 e. The van der Waals surface area contributed by atoms with Crippen molar-refractivity contribution >= 4 is 23.4 Å². The quantitative estimate of drug-likeness (QED) is 0.607. The van der Waals surface area contributed by atoms with Gasteiger partial charge in [0.25, 0.3) is 17.7 Å². The van der Waals surface area contributed by atoms with E-state index in [1.54, 1.807) is 24.3 Å². The highest BCUT2D eigenvalue weighted by atomic mass is 19.1. The molecule has 1 aromatic rings. The number of likely N-dealkylation sites (tertiary alicyclic amines) is 1. The lowest BCUT2D eigenvalue weighted by atomic mass is 10.0. The molecule has 1 saturated carbocycles. The molecule has 2 aliphatic heterocycles. The van der Waals surface area contributed by atoms with Gasteiger partial charge in [-0.1, -0.05) is 12.1 Å². The van der Waals surface area contributed by atoms with Crippen molar-refractivity contribution in [1.82, 2.24) is 9.80 Å². The lowest BCUT2D eigenvalue weighted by Gasteiger charge is -2.29. The predicted octanol–water partition coefficient (Wildman–Crippen LogP) is 1.81. The summed E-state index contributed by atoms with van der Waals surface area (Å²) in [5, 5.41) is 0. The van der Waals surface area contributed by atoms with Crippen LogP contribution in [-0.4, -0.2) is 58.9 Å². The lowest BCUT2D eigenvalue weighted by Crippen LogP contribution is -2.42. The van der Waals surface area contributed by atoms with Crippen LogP contribution in [0.5, 0.6) is 0 Å². The number of nitrogens with zero attached hydrogens (tertiary/aromatic N) is 3. The number of hydrogen-bond acceptors (Lipinski definition) is 5. The molecule has 1 saturated heterocycles. The Balaban J connectivity index is 1.46. The Morgan fingerprint density at radius 2 is 1.79 bits per heavy atom. The predicted molar refractivity (Wildman–Crippen MR) is 105 cm³/mol. The fourth-order valence-corrected chi connectivity index (χ4v) is 3.71. The third kappa shape index (κ3) is 3.46. The fourth-order valence-electron chi connectivity index (χ4n) is 3.71. The number of rotatable bonds is 5. The Hall–Kier alpha value is -3.29. The van der Waals surface area contributed by atoms with E-state index in [0.717, 1.165) is 17.7 Å². The molecule has 3 aliphatic rings. The van der Waals surface area contributed by atoms with E-state index in [1.165, 1.54) is 6.20 Å². The summed E-state index contributed by atoms with van der Waals surface area (Å²) in [7, 11) is 0. The number of imide groups is 1. The maximum Gasteiger partial charge on any atom is 0.261 e. The summed E-state index contributed by atoms with van der Waals surface area (Å²) in [5.41, 5.74) is 7.30. The van der Waals surface area contributed by atoms with Gasteiger partial charge in [-0.3, -0.25) is 24.3 Å². The Morgan fingerprint density at radius 1 is 1.14 bits per heavy atom. The minimum absolute atomic E-state index is 0.0622. The van der Waals surface area contributed by atoms with Crippen molar-refractivity contribution in [3.8, 4) is 0 Å². The third-order valence-electron chi connectivity index (χ3n) is 5.41. The van der Waals surface area contributed by atoms with Crippen LogP contribution in [0, 0.1) is 0 Å². The first-order valence-electron chi connectivity index (χ1n) is 9.55. The Labute approximate surface area is 167 Å². The SMILES string of the molecule is NC=C1C(=O)N(C2CC2)CCC1=NC/C(=C/F)CN1C(=O)c2ccccc2C1=O. The van der Waals surface area contributed by atoms with Crippen LogP contribution in [-0.2, 0) is 4.79 Å². The normalized spacial score (nSPS) is 22.8. The molecule has 8 heteroatoms. The fraction of sp³-hybridized carbons (Fsp3) is 0.333. The van der Waals surface area contributed by atoms with E-state index in [1.807, 2.05) is 4.90 Å². The Kier molecular flexibility index (Phi) is 5.00. The summed E-state index contributed by atoms with van der Waals surface area (Å²) in [4.78, 5) is 44.7. The number of aliphatic imine (C=N–C) groups is 1. The third-order valence-corrected chi connectivity index (χ3v) is 5.41. The van der Waals surface area contributed by atoms with Crippen LogP contribution < -0.4 is 5.73 Å². The number of hydrogen-bond donors (Lipinski definition) is 1. The van der Waals surface area contributed by atoms with Crippen molar-refractivity contribution in [2.75, 3.05) is 19.6 Å². The molecule has 4 rings (SSSR count). The van der Waals surface area contributed by atoms with Gasteiger partial charge in [0.1, 0.15) is 0 Å². The number of amides is 3. The zero-order chi connectivity index (χ0) is 20.5. The van der Waals surface area contributed by atoms with Crippen LogP contribution in [0.4, 0.5) is 4.39 Å². The summed E-state index contributed by atoms with van der Waals surface area (Å²) >= 11 is 0. The molecule has 0 aromatic heterocycles. The maximum atomic E-state index is 13.5. The first kappa shape index (κ1) is 19.0. The maximum absolute atomic E-state index is 13.5. The standard InChI is InChI=1S/C21H21FN4O3/c22-9-13(12-26-19(27)15-3-1-2-4-16(15)20(26)28)11-24-18-7-8-25(14-5-6-14)21(29)17(18)10-23/h1-4,9-10,14H,5-8,11-12,23H2/b13-9-,17-10?,24-18?. The number of benzene rings is 1. The monoisotopic (exact) mass is 396 g/mol. The van der Waals surface area contributed by atoms with Crippen molar-refractivity contribution in [2.24, 2.45) is 10.7 Å². The van der Waals surface area contributed by atoms with Crippen molar-refractivity contribution in [1.29, 1.82) is 0 Å². The number of nitrogens with two attached hydrogens (primary N) is 1. The summed E-state index contributed by atoms with van der Waals surface area (Å²) in [6.45, 7) is 0.309. The van der Waals surface area contributed by atoms with Crippen LogP contribution in [0.3, 0.4) is 0 Å². The van der Waals surface area contributed by atoms with Crippen molar-refractivity contribution in [3.05, 3.63) is 59.1 Å². The van der Waals surface area contributed by atoms with E-state index in [9.17, 15) is 18.8 Å². The average molecular weight is 396 g/mol. The molecule has 2 N–H and O–H groups in total. The van der Waals surface area contributed by atoms with Gasteiger partial charge < -0.3 is 10.6 Å². The Morgan fingerprint density at radius 3 is 2.34 bits per heavy atom. The second kappa shape index (κ2) is 7.62. The van der Waals surface area contributed by atoms with Crippen molar-refractivity contribution in [3.63, 3.8) is 0 Å². The molecule has 7 nitrogen and oxygen atoms in total. The Bertz CT molecular complexity index is 943. The number of halogens is 1. The highest BCUT2D eigenvalue weighted by molar-refractivity contribution is 6.23. The molecule has 0 bridgehead atoms. The highest BCUT2D eigenvalue weighted by Gasteiger charge is 2.38. The molecule has 29 heavy (non-hydrogen) atoms. The van der Waals surface area contributed by atoms with Gasteiger partial charge in [0.05, 0.1) is 41.8 Å². The van der Waals surface area contributed by atoms with Gasteiger partial charge in [0, 0.05) is 25.2 Å². The van der Waals surface area contributed by atoms with E-state index in [-0.39, 0.29) is 30.6 Å². The molecule has 1 aromatic carbocycles. The molecule has 3 amide bonds. The molecular formula is C21H21FN4O3. The summed E-state index contributed by atoms with van der Waals surface area (Å²) in [6, 6.07) is 6.79. The van der Waals surface area contributed by atoms with Crippen LogP contribution in [0.15, 0.2) is 52.9 Å². The molecule has 0 spiro atoms. The first-order chi connectivity index (χ1) is 14.0. The second-order valence-corrected chi connectivity index (χ2v) is 7.33. The number of carbonyl (C=O) groups is 3. The minimum atomic E-state index is -0.451. The molecule has 0 atom stereocenters. The zero-order valence-electron chi connectivity index (χ0n) is 15.8. The van der Waals surface area contributed by atoms with Gasteiger partial charge in [-0.15, -0.1) is 0 Å². The van der Waals surface area contributed by atoms with Gasteiger partial charge >= 0.3 is 0 Å². The first-order valence-corrected chi connectivity index (χ1v) is 9.55. The van der Waals surface area contributed by atoms with E-state index >= 15 is 0 Å². The summed E-state index contributed by atoms with van der Waals surface area (Å²) in [5.74, 6) is -1.05. The molecule has 2 heterocycles. The second-order valence-electron chi connectivity index (χ2n) is 7.33. The van der Waals surface area contributed by atoms with Crippen molar-refractivity contribution < 1.29 is 18.8 Å². The average Bonchev–Trinajstić information content (AvgIpc) is 3.55. The molecule has 0 radical (unpaired) electrons. The van der Waals surface area contributed by atoms with Gasteiger partial charge in [-0.25, -0.2) is 4.39 Å². The lowest BCUT2D eigenvalue weighted by molar-refractivity contribution is -0.127. The van der Waals surface area contributed by atoms with E-state index in [0.29, 0.717) is 41.7 Å². The molecule has 150 valence electrons. The summed E-state index contributed by atoms with van der Waals surface area (Å²) < 4.78 is 13.5. The largest absolute Gasteiger partial charge is 0.404 e. The molecule has 2 fully saturated rings. The number of fused-ring (bicyclic) bond motifs is 1.